The van der Waals surface area contributed by atoms with Gasteiger partial charge in [-0.1, -0.05) is 19.8 Å². The lowest BCUT2D eigenvalue weighted by Gasteiger charge is -2.47. The minimum Gasteiger partial charge on any atom is -0.334 e. The number of piperidine rings is 1. The fourth-order valence-corrected chi connectivity index (χ4v) is 3.45. The van der Waals surface area contributed by atoms with E-state index in [1.807, 2.05) is 0 Å². The Bertz CT molecular complexity index is 348. The Kier molecular flexibility index (Phi) is 4.06. The Morgan fingerprint density at radius 2 is 1.84 bits per heavy atom. The molecule has 1 heterocycles. The first kappa shape index (κ1) is 14.6. The van der Waals surface area contributed by atoms with Gasteiger partial charge in [-0.25, -0.2) is 8.78 Å². The maximum Gasteiger partial charge on any atom is 0.383 e. The molecule has 2 nitrogen and oxygen atoms in total. The van der Waals surface area contributed by atoms with Crippen molar-refractivity contribution in [3.05, 3.63) is 0 Å². The van der Waals surface area contributed by atoms with Crippen LogP contribution in [0.3, 0.4) is 0 Å². The number of hydrogen-bond donors (Lipinski definition) is 0. The molecule has 110 valence electrons. The number of amides is 1. The molecule has 1 saturated heterocycles. The second-order valence-corrected chi connectivity index (χ2v) is 5.70. The van der Waals surface area contributed by atoms with Gasteiger partial charge in [-0.2, -0.15) is 8.78 Å². The Hall–Kier alpha value is -0.810. The van der Waals surface area contributed by atoms with Gasteiger partial charge in [0.2, 0.25) is 0 Å². The average Bonchev–Trinajstić information content (AvgIpc) is 2.38. The van der Waals surface area contributed by atoms with E-state index in [1.165, 1.54) is 0 Å². The minimum atomic E-state index is -4.55. The number of fused-ring (bicyclic) bond motifs is 1. The van der Waals surface area contributed by atoms with Crippen molar-refractivity contribution in [1.82, 2.24) is 4.90 Å². The van der Waals surface area contributed by atoms with E-state index >= 15 is 0 Å². The molecule has 1 saturated carbocycles. The highest BCUT2D eigenvalue weighted by Gasteiger charge is 2.54. The predicted octanol–water partition coefficient (Wildman–Crippen LogP) is 3.31. The van der Waals surface area contributed by atoms with Gasteiger partial charge in [0.15, 0.2) is 0 Å². The van der Waals surface area contributed by atoms with Crippen molar-refractivity contribution in [2.24, 2.45) is 11.8 Å². The van der Waals surface area contributed by atoms with E-state index in [0.717, 1.165) is 24.2 Å². The highest BCUT2D eigenvalue weighted by Crippen LogP contribution is 2.40. The molecule has 0 spiro atoms. The van der Waals surface area contributed by atoms with Crippen LogP contribution in [0.2, 0.25) is 0 Å². The third-order valence-corrected chi connectivity index (χ3v) is 4.56. The smallest absolute Gasteiger partial charge is 0.334 e. The molecule has 0 bridgehead atoms. The summed E-state index contributed by atoms with van der Waals surface area (Å²) in [7, 11) is 0. The molecule has 0 N–H and O–H groups in total. The van der Waals surface area contributed by atoms with Gasteiger partial charge in [-0.15, -0.1) is 0 Å². The van der Waals surface area contributed by atoms with Gasteiger partial charge >= 0.3 is 12.3 Å². The van der Waals surface area contributed by atoms with Gasteiger partial charge in [0.05, 0.1) is 0 Å². The van der Waals surface area contributed by atoms with Crippen molar-refractivity contribution >= 4 is 5.91 Å². The van der Waals surface area contributed by atoms with E-state index in [2.05, 4.69) is 6.92 Å². The van der Waals surface area contributed by atoms with Gasteiger partial charge in [0, 0.05) is 12.6 Å². The zero-order valence-corrected chi connectivity index (χ0v) is 10.9. The van der Waals surface area contributed by atoms with Gasteiger partial charge in [-0.05, 0) is 31.1 Å². The molecule has 6 heteroatoms. The number of rotatable bonds is 2. The highest BCUT2D eigenvalue weighted by molar-refractivity contribution is 5.84. The van der Waals surface area contributed by atoms with Crippen LogP contribution in [0, 0.1) is 11.8 Å². The Labute approximate surface area is 110 Å². The molecule has 2 fully saturated rings. The van der Waals surface area contributed by atoms with E-state index in [1.54, 1.807) is 0 Å². The van der Waals surface area contributed by atoms with Crippen LogP contribution in [0.4, 0.5) is 17.6 Å². The first-order valence-corrected chi connectivity index (χ1v) is 6.82. The summed E-state index contributed by atoms with van der Waals surface area (Å²) in [6.45, 7) is 2.22. The maximum absolute atomic E-state index is 13.2. The summed E-state index contributed by atoms with van der Waals surface area (Å²) in [5, 5.41) is 0. The second-order valence-electron chi connectivity index (χ2n) is 5.70. The SMILES string of the molecule is CC1CCN(C(=O)C(F)(F)C(F)F)C2CCCCC12. The maximum atomic E-state index is 13.2. The molecule has 1 amide bonds. The number of hydrogen-bond acceptors (Lipinski definition) is 1. The zero-order valence-electron chi connectivity index (χ0n) is 10.9. The summed E-state index contributed by atoms with van der Waals surface area (Å²) in [6.07, 6.45) is 0.139. The molecular formula is C13H19F4NO. The van der Waals surface area contributed by atoms with Crippen LogP contribution < -0.4 is 0 Å². The predicted molar refractivity (Wildman–Crippen MR) is 62.2 cm³/mol. The van der Waals surface area contributed by atoms with Crippen LogP contribution in [0.25, 0.3) is 0 Å². The first-order chi connectivity index (χ1) is 8.85. The number of nitrogens with zero attached hydrogens (tertiary/aromatic N) is 1. The molecule has 3 atom stereocenters. The van der Waals surface area contributed by atoms with Gasteiger partial charge in [-0.3, -0.25) is 4.79 Å². The summed E-state index contributed by atoms with van der Waals surface area (Å²) in [4.78, 5) is 12.7. The largest absolute Gasteiger partial charge is 0.383 e. The minimum absolute atomic E-state index is 0.170. The molecule has 0 aromatic carbocycles. The van der Waals surface area contributed by atoms with Crippen LogP contribution in [0.15, 0.2) is 0 Å². The summed E-state index contributed by atoms with van der Waals surface area (Å²) < 4.78 is 51.1. The molecule has 1 aliphatic carbocycles. The van der Waals surface area contributed by atoms with Crippen LogP contribution in [-0.2, 0) is 4.79 Å². The molecule has 0 aromatic heterocycles. The normalized spacial score (nSPS) is 32.3. The van der Waals surface area contributed by atoms with Crippen LogP contribution in [-0.4, -0.2) is 35.7 Å². The molecule has 1 aliphatic heterocycles. The van der Waals surface area contributed by atoms with E-state index in [9.17, 15) is 22.4 Å². The third kappa shape index (κ3) is 2.58. The summed E-state index contributed by atoms with van der Waals surface area (Å²) >= 11 is 0. The van der Waals surface area contributed by atoms with Crippen molar-refractivity contribution in [3.8, 4) is 0 Å². The summed E-state index contributed by atoms with van der Waals surface area (Å²) in [6, 6.07) is -0.283. The van der Waals surface area contributed by atoms with Crippen molar-refractivity contribution in [2.45, 2.75) is 57.4 Å². The summed E-state index contributed by atoms with van der Waals surface area (Å²) in [5.74, 6) is -5.69. The van der Waals surface area contributed by atoms with Crippen LogP contribution in [0.1, 0.15) is 39.0 Å². The van der Waals surface area contributed by atoms with Crippen LogP contribution >= 0.6 is 0 Å². The topological polar surface area (TPSA) is 20.3 Å². The first-order valence-electron chi connectivity index (χ1n) is 6.82. The Morgan fingerprint density at radius 1 is 1.21 bits per heavy atom. The number of halogens is 4. The van der Waals surface area contributed by atoms with E-state index in [4.69, 9.17) is 0 Å². The van der Waals surface area contributed by atoms with Crippen LogP contribution in [0.5, 0.6) is 0 Å². The Morgan fingerprint density at radius 3 is 2.47 bits per heavy atom. The standard InChI is InChI=1S/C13H19F4NO/c1-8-6-7-18(10-5-3-2-4-9(8)10)12(19)13(16,17)11(14)15/h8-11H,2-7H2,1H3. The lowest BCUT2D eigenvalue weighted by molar-refractivity contribution is -0.187. The second kappa shape index (κ2) is 5.29. The molecule has 3 unspecified atom stereocenters. The van der Waals surface area contributed by atoms with Gasteiger partial charge < -0.3 is 4.90 Å². The molecular weight excluding hydrogens is 262 g/mol. The Balaban J connectivity index is 2.17. The fraction of sp³-hybridized carbons (Fsp3) is 0.923. The number of alkyl halides is 4. The van der Waals surface area contributed by atoms with Crippen molar-refractivity contribution in [3.63, 3.8) is 0 Å². The monoisotopic (exact) mass is 281 g/mol. The molecule has 0 aromatic rings. The number of carbonyl (C=O) groups excluding carboxylic acids is 1. The zero-order chi connectivity index (χ0) is 14.2. The third-order valence-electron chi connectivity index (χ3n) is 4.56. The quantitative estimate of drug-likeness (QED) is 0.711. The average molecular weight is 281 g/mol. The summed E-state index contributed by atoms with van der Waals surface area (Å²) in [5.41, 5.74) is 0. The highest BCUT2D eigenvalue weighted by atomic mass is 19.3. The lowest BCUT2D eigenvalue weighted by atomic mass is 9.72. The fourth-order valence-electron chi connectivity index (χ4n) is 3.45. The molecule has 2 aliphatic rings. The van der Waals surface area contributed by atoms with Crippen molar-refractivity contribution in [1.29, 1.82) is 0 Å². The van der Waals surface area contributed by atoms with Crippen molar-refractivity contribution in [2.75, 3.05) is 6.54 Å². The number of likely N-dealkylation sites (tertiary alicyclic amines) is 1. The van der Waals surface area contributed by atoms with E-state index in [-0.39, 0.29) is 18.5 Å². The number of carbonyl (C=O) groups is 1. The van der Waals surface area contributed by atoms with Crippen molar-refractivity contribution < 1.29 is 22.4 Å². The molecule has 19 heavy (non-hydrogen) atoms. The van der Waals surface area contributed by atoms with E-state index < -0.39 is 18.3 Å². The molecule has 0 radical (unpaired) electrons. The van der Waals surface area contributed by atoms with Gasteiger partial charge in [0.25, 0.3) is 5.91 Å². The van der Waals surface area contributed by atoms with E-state index in [0.29, 0.717) is 18.8 Å². The van der Waals surface area contributed by atoms with Gasteiger partial charge in [0.1, 0.15) is 0 Å². The lowest BCUT2D eigenvalue weighted by Crippen LogP contribution is -2.58. The molecule has 2 rings (SSSR count).